The molecule has 4 aromatic rings. The second-order valence-electron chi connectivity index (χ2n) is 5.63. The minimum absolute atomic E-state index is 0.241. The van der Waals surface area contributed by atoms with Crippen LogP contribution >= 0.6 is 0 Å². The normalized spacial score (nSPS) is 11.5. The monoisotopic (exact) mass is 349 g/mol. The predicted octanol–water partition coefficient (Wildman–Crippen LogP) is 3.83. The summed E-state index contributed by atoms with van der Waals surface area (Å²) in [5.41, 5.74) is 1.42. The summed E-state index contributed by atoms with van der Waals surface area (Å²) < 4.78 is 29.7. The highest BCUT2D eigenvalue weighted by Crippen LogP contribution is 2.22. The van der Waals surface area contributed by atoms with Crippen molar-refractivity contribution in [2.24, 2.45) is 0 Å². The number of aromatic nitrogens is 2. The molecular weight excluding hydrogens is 334 g/mol. The third-order valence-corrected chi connectivity index (χ3v) is 5.33. The number of nitrogens with zero attached hydrogens (tertiary/aromatic N) is 2. The SMILES string of the molecule is O=S(=O)(Nc1ccc(-n2ccnc2)cc1)c1ccc2ccccc2c1. The van der Waals surface area contributed by atoms with Crippen LogP contribution in [0.4, 0.5) is 5.69 Å². The number of anilines is 1. The molecule has 0 radical (unpaired) electrons. The molecule has 0 unspecified atom stereocenters. The van der Waals surface area contributed by atoms with Crippen molar-refractivity contribution in [1.82, 2.24) is 9.55 Å². The maximum atomic E-state index is 12.6. The van der Waals surface area contributed by atoms with Gasteiger partial charge in [0.2, 0.25) is 0 Å². The van der Waals surface area contributed by atoms with Gasteiger partial charge in [-0.3, -0.25) is 4.72 Å². The fraction of sp³-hybridized carbons (Fsp3) is 0. The van der Waals surface area contributed by atoms with E-state index in [0.717, 1.165) is 16.5 Å². The highest BCUT2D eigenvalue weighted by atomic mass is 32.2. The van der Waals surface area contributed by atoms with Crippen molar-refractivity contribution in [3.8, 4) is 5.69 Å². The van der Waals surface area contributed by atoms with E-state index in [1.165, 1.54) is 0 Å². The highest BCUT2D eigenvalue weighted by molar-refractivity contribution is 7.92. The first-order valence-corrected chi connectivity index (χ1v) is 9.20. The molecule has 124 valence electrons. The average Bonchev–Trinajstić information content (AvgIpc) is 3.16. The molecule has 25 heavy (non-hydrogen) atoms. The summed E-state index contributed by atoms with van der Waals surface area (Å²) >= 11 is 0. The third-order valence-electron chi connectivity index (χ3n) is 3.95. The summed E-state index contributed by atoms with van der Waals surface area (Å²) in [4.78, 5) is 4.24. The zero-order valence-corrected chi connectivity index (χ0v) is 14.0. The fourth-order valence-electron chi connectivity index (χ4n) is 2.66. The van der Waals surface area contributed by atoms with Gasteiger partial charge in [-0.15, -0.1) is 0 Å². The lowest BCUT2D eigenvalue weighted by Gasteiger charge is -2.10. The van der Waals surface area contributed by atoms with E-state index >= 15 is 0 Å². The van der Waals surface area contributed by atoms with Crippen LogP contribution in [0.5, 0.6) is 0 Å². The Morgan fingerprint density at radius 3 is 2.36 bits per heavy atom. The third kappa shape index (κ3) is 3.12. The summed E-state index contributed by atoms with van der Waals surface area (Å²) in [5, 5.41) is 1.90. The van der Waals surface area contributed by atoms with E-state index in [1.807, 2.05) is 53.2 Å². The van der Waals surface area contributed by atoms with Crippen LogP contribution in [0.2, 0.25) is 0 Å². The van der Waals surface area contributed by atoms with Crippen molar-refractivity contribution in [2.75, 3.05) is 4.72 Å². The second-order valence-corrected chi connectivity index (χ2v) is 7.31. The molecule has 0 saturated carbocycles. The molecule has 5 nitrogen and oxygen atoms in total. The molecule has 1 aromatic heterocycles. The fourth-order valence-corrected chi connectivity index (χ4v) is 3.76. The van der Waals surface area contributed by atoms with Gasteiger partial charge in [0.25, 0.3) is 10.0 Å². The van der Waals surface area contributed by atoms with Crippen LogP contribution in [0, 0.1) is 0 Å². The Kier molecular flexibility index (Phi) is 3.74. The second kappa shape index (κ2) is 6.07. The van der Waals surface area contributed by atoms with Crippen molar-refractivity contribution in [3.05, 3.63) is 85.5 Å². The molecule has 0 aliphatic carbocycles. The minimum Gasteiger partial charge on any atom is -0.306 e. The van der Waals surface area contributed by atoms with E-state index in [2.05, 4.69) is 9.71 Å². The van der Waals surface area contributed by atoms with E-state index in [4.69, 9.17) is 0 Å². The molecule has 6 heteroatoms. The largest absolute Gasteiger partial charge is 0.306 e. The first kappa shape index (κ1) is 15.4. The van der Waals surface area contributed by atoms with E-state index in [9.17, 15) is 8.42 Å². The molecule has 0 amide bonds. The van der Waals surface area contributed by atoms with E-state index in [0.29, 0.717) is 5.69 Å². The van der Waals surface area contributed by atoms with Gasteiger partial charge < -0.3 is 4.57 Å². The van der Waals surface area contributed by atoms with Gasteiger partial charge in [-0.2, -0.15) is 0 Å². The van der Waals surface area contributed by atoms with Gasteiger partial charge in [-0.05, 0) is 47.2 Å². The van der Waals surface area contributed by atoms with Gasteiger partial charge >= 0.3 is 0 Å². The van der Waals surface area contributed by atoms with Gasteiger partial charge in [-0.25, -0.2) is 13.4 Å². The Morgan fingerprint density at radius 2 is 1.64 bits per heavy atom. The van der Waals surface area contributed by atoms with Crippen molar-refractivity contribution < 1.29 is 8.42 Å². The number of sulfonamides is 1. The molecular formula is C19H15N3O2S. The topological polar surface area (TPSA) is 64.0 Å². The van der Waals surface area contributed by atoms with Crippen molar-refractivity contribution in [2.45, 2.75) is 4.90 Å². The molecule has 0 spiro atoms. The molecule has 0 aliphatic heterocycles. The molecule has 0 fully saturated rings. The van der Waals surface area contributed by atoms with Gasteiger partial charge in [0.15, 0.2) is 0 Å². The Morgan fingerprint density at radius 1 is 0.880 bits per heavy atom. The number of hydrogen-bond acceptors (Lipinski definition) is 3. The lowest BCUT2D eigenvalue weighted by Crippen LogP contribution is -2.12. The number of nitrogens with one attached hydrogen (secondary N) is 1. The molecule has 0 atom stereocenters. The van der Waals surface area contributed by atoms with Crippen LogP contribution in [0.25, 0.3) is 16.5 Å². The van der Waals surface area contributed by atoms with Crippen LogP contribution < -0.4 is 4.72 Å². The molecule has 0 saturated heterocycles. The summed E-state index contributed by atoms with van der Waals surface area (Å²) in [6.07, 6.45) is 5.21. The highest BCUT2D eigenvalue weighted by Gasteiger charge is 2.14. The van der Waals surface area contributed by atoms with E-state index in [1.54, 1.807) is 36.8 Å². The number of fused-ring (bicyclic) bond motifs is 1. The van der Waals surface area contributed by atoms with Gasteiger partial charge in [0.05, 0.1) is 11.2 Å². The average molecular weight is 349 g/mol. The van der Waals surface area contributed by atoms with E-state index in [-0.39, 0.29) is 4.90 Å². The van der Waals surface area contributed by atoms with Crippen LogP contribution in [0.15, 0.2) is 90.3 Å². The first-order valence-electron chi connectivity index (χ1n) is 7.72. The maximum Gasteiger partial charge on any atom is 0.261 e. The van der Waals surface area contributed by atoms with Gasteiger partial charge in [0, 0.05) is 23.8 Å². The Labute approximate surface area is 145 Å². The van der Waals surface area contributed by atoms with Crippen LogP contribution in [0.1, 0.15) is 0 Å². The maximum absolute atomic E-state index is 12.6. The molecule has 1 heterocycles. The standard InChI is InChI=1S/C19H15N3O2S/c23-25(24,19-10-5-15-3-1-2-4-16(15)13-19)21-17-6-8-18(9-7-17)22-12-11-20-14-22/h1-14,21H. The number of hydrogen-bond donors (Lipinski definition) is 1. The number of imidazole rings is 1. The summed E-state index contributed by atoms with van der Waals surface area (Å²) in [6, 6.07) is 19.9. The summed E-state index contributed by atoms with van der Waals surface area (Å²) in [6.45, 7) is 0. The zero-order valence-electron chi connectivity index (χ0n) is 13.2. The lowest BCUT2D eigenvalue weighted by molar-refractivity contribution is 0.601. The first-order chi connectivity index (χ1) is 12.1. The van der Waals surface area contributed by atoms with Crippen molar-refractivity contribution >= 4 is 26.5 Å². The van der Waals surface area contributed by atoms with Crippen molar-refractivity contribution in [3.63, 3.8) is 0 Å². The molecule has 0 aliphatic rings. The number of rotatable bonds is 4. The summed E-state index contributed by atoms with van der Waals surface area (Å²) in [7, 11) is -3.64. The Bertz CT molecular complexity index is 1120. The van der Waals surface area contributed by atoms with Crippen LogP contribution in [-0.2, 0) is 10.0 Å². The predicted molar refractivity (Wildman–Crippen MR) is 98.3 cm³/mol. The lowest BCUT2D eigenvalue weighted by atomic mass is 10.1. The van der Waals surface area contributed by atoms with Crippen LogP contribution in [-0.4, -0.2) is 18.0 Å². The zero-order chi connectivity index (χ0) is 17.3. The summed E-state index contributed by atoms with van der Waals surface area (Å²) in [5.74, 6) is 0. The van der Waals surface area contributed by atoms with Gasteiger partial charge in [-0.1, -0.05) is 30.3 Å². The smallest absolute Gasteiger partial charge is 0.261 e. The minimum atomic E-state index is -3.64. The number of benzene rings is 3. The molecule has 0 bridgehead atoms. The molecule has 3 aromatic carbocycles. The Hall–Kier alpha value is -3.12. The quantitative estimate of drug-likeness (QED) is 0.609. The van der Waals surface area contributed by atoms with E-state index < -0.39 is 10.0 Å². The van der Waals surface area contributed by atoms with Crippen molar-refractivity contribution in [1.29, 1.82) is 0 Å². The molecule has 4 rings (SSSR count). The van der Waals surface area contributed by atoms with Crippen LogP contribution in [0.3, 0.4) is 0 Å². The molecule has 1 N–H and O–H groups in total. The van der Waals surface area contributed by atoms with Gasteiger partial charge in [0.1, 0.15) is 0 Å². The Balaban J connectivity index is 1.61.